The number of rotatable bonds is 6. The molecule has 0 saturated heterocycles. The first-order chi connectivity index (χ1) is 13.0. The summed E-state index contributed by atoms with van der Waals surface area (Å²) in [5, 5.41) is 7.36. The molecule has 0 radical (unpaired) electrons. The number of carbonyl (C=O) groups is 3. The Morgan fingerprint density at radius 3 is 2.78 bits per heavy atom. The lowest BCUT2D eigenvalue weighted by Crippen LogP contribution is -2.23. The van der Waals surface area contributed by atoms with Gasteiger partial charge in [0.15, 0.2) is 4.96 Å². The Morgan fingerprint density at radius 1 is 1.26 bits per heavy atom. The number of hydrogen-bond acceptors (Lipinski definition) is 6. The van der Waals surface area contributed by atoms with Crippen LogP contribution in [-0.2, 0) is 16.1 Å². The number of hydrogen-bond donors (Lipinski definition) is 2. The Balaban J connectivity index is 1.76. The van der Waals surface area contributed by atoms with Crippen LogP contribution in [0.1, 0.15) is 39.8 Å². The van der Waals surface area contributed by atoms with E-state index in [1.807, 2.05) is 11.6 Å². The van der Waals surface area contributed by atoms with Crippen LogP contribution < -0.4 is 10.6 Å². The van der Waals surface area contributed by atoms with Crippen LogP contribution in [0.4, 0.5) is 5.69 Å². The van der Waals surface area contributed by atoms with Crippen LogP contribution in [0.5, 0.6) is 0 Å². The largest absolute Gasteiger partial charge is 0.465 e. The lowest BCUT2D eigenvalue weighted by molar-refractivity contribution is -0.115. The third-order valence-corrected chi connectivity index (χ3v) is 4.57. The van der Waals surface area contributed by atoms with Gasteiger partial charge in [0, 0.05) is 36.4 Å². The SMILES string of the molecule is CCC(=O)Nc1cc(CNC(=O)c2cn3ccsc3n2)cc(C(=O)OC)c1. The molecule has 140 valence electrons. The molecule has 0 spiro atoms. The van der Waals surface area contributed by atoms with Crippen molar-refractivity contribution >= 4 is 39.8 Å². The minimum atomic E-state index is -0.524. The highest BCUT2D eigenvalue weighted by atomic mass is 32.1. The van der Waals surface area contributed by atoms with Crippen molar-refractivity contribution < 1.29 is 19.1 Å². The van der Waals surface area contributed by atoms with E-state index in [0.717, 1.165) is 4.96 Å². The van der Waals surface area contributed by atoms with E-state index in [2.05, 4.69) is 15.6 Å². The summed E-state index contributed by atoms with van der Waals surface area (Å²) in [5.41, 5.74) is 1.72. The van der Waals surface area contributed by atoms with E-state index in [9.17, 15) is 14.4 Å². The summed E-state index contributed by atoms with van der Waals surface area (Å²) in [6, 6.07) is 4.85. The fourth-order valence-electron chi connectivity index (χ4n) is 2.46. The molecule has 1 aromatic carbocycles. The number of esters is 1. The van der Waals surface area contributed by atoms with E-state index in [4.69, 9.17) is 4.74 Å². The van der Waals surface area contributed by atoms with Crippen LogP contribution in [0.25, 0.3) is 4.96 Å². The van der Waals surface area contributed by atoms with Crippen molar-refractivity contribution in [3.63, 3.8) is 0 Å². The van der Waals surface area contributed by atoms with E-state index in [1.165, 1.54) is 24.5 Å². The molecule has 0 atom stereocenters. The van der Waals surface area contributed by atoms with Gasteiger partial charge in [-0.15, -0.1) is 11.3 Å². The van der Waals surface area contributed by atoms with E-state index < -0.39 is 5.97 Å². The summed E-state index contributed by atoms with van der Waals surface area (Å²) >= 11 is 1.44. The van der Waals surface area contributed by atoms with Gasteiger partial charge in [0.25, 0.3) is 5.91 Å². The molecule has 3 rings (SSSR count). The van der Waals surface area contributed by atoms with Crippen LogP contribution >= 0.6 is 11.3 Å². The van der Waals surface area contributed by atoms with Crippen LogP contribution in [0, 0.1) is 0 Å². The molecule has 0 bridgehead atoms. The summed E-state index contributed by atoms with van der Waals surface area (Å²) in [7, 11) is 1.28. The summed E-state index contributed by atoms with van der Waals surface area (Å²) in [5.74, 6) is -1.02. The molecule has 9 heteroatoms. The second-order valence-electron chi connectivity index (χ2n) is 5.71. The van der Waals surface area contributed by atoms with E-state index in [1.54, 1.807) is 29.7 Å². The molecule has 8 nitrogen and oxygen atoms in total. The smallest absolute Gasteiger partial charge is 0.337 e. The standard InChI is InChI=1S/C18H18N4O4S/c1-3-15(23)20-13-7-11(6-12(8-13)17(25)26-2)9-19-16(24)14-10-22-4-5-27-18(22)21-14/h4-8,10H,3,9H2,1-2H3,(H,19,24)(H,20,23). The molecular formula is C18H18N4O4S. The molecule has 2 N–H and O–H groups in total. The van der Waals surface area contributed by atoms with Crippen molar-refractivity contribution in [2.45, 2.75) is 19.9 Å². The first kappa shape index (κ1) is 18.6. The van der Waals surface area contributed by atoms with Crippen LogP contribution in [0.3, 0.4) is 0 Å². The number of imidazole rings is 1. The van der Waals surface area contributed by atoms with Gasteiger partial charge in [-0.3, -0.25) is 14.0 Å². The molecule has 0 aliphatic carbocycles. The third kappa shape index (κ3) is 4.32. The Morgan fingerprint density at radius 2 is 2.07 bits per heavy atom. The average molecular weight is 386 g/mol. The molecule has 27 heavy (non-hydrogen) atoms. The normalized spacial score (nSPS) is 10.6. The number of benzene rings is 1. The minimum absolute atomic E-state index is 0.170. The predicted octanol–water partition coefficient (Wildman–Crippen LogP) is 2.46. The number of amides is 2. The number of aromatic nitrogens is 2. The first-order valence-corrected chi connectivity index (χ1v) is 9.10. The van der Waals surface area contributed by atoms with Gasteiger partial charge >= 0.3 is 5.97 Å². The Bertz CT molecular complexity index is 979. The van der Waals surface area contributed by atoms with Crippen molar-refractivity contribution in [3.05, 3.63) is 52.8 Å². The lowest BCUT2D eigenvalue weighted by atomic mass is 10.1. The molecule has 0 saturated carbocycles. The number of ether oxygens (including phenoxy) is 1. The van der Waals surface area contributed by atoms with Crippen molar-refractivity contribution in [3.8, 4) is 0 Å². The maximum atomic E-state index is 12.3. The second-order valence-corrected chi connectivity index (χ2v) is 6.59. The molecule has 3 aromatic rings. The summed E-state index contributed by atoms with van der Waals surface area (Å²) in [4.78, 5) is 40.8. The Kier molecular flexibility index (Phi) is 5.51. The Labute approximate surface area is 159 Å². The zero-order chi connectivity index (χ0) is 19.4. The van der Waals surface area contributed by atoms with Gasteiger partial charge in [-0.1, -0.05) is 6.92 Å². The zero-order valence-electron chi connectivity index (χ0n) is 14.8. The van der Waals surface area contributed by atoms with Crippen LogP contribution in [0.2, 0.25) is 0 Å². The molecule has 0 unspecified atom stereocenters. The van der Waals surface area contributed by atoms with E-state index in [0.29, 0.717) is 23.4 Å². The number of carbonyl (C=O) groups excluding carboxylic acids is 3. The quantitative estimate of drug-likeness (QED) is 0.634. The number of fused-ring (bicyclic) bond motifs is 1. The number of nitrogens with one attached hydrogen (secondary N) is 2. The second kappa shape index (κ2) is 8.00. The molecule has 2 aromatic heterocycles. The molecule has 2 heterocycles. The first-order valence-electron chi connectivity index (χ1n) is 8.22. The summed E-state index contributed by atoms with van der Waals surface area (Å²) < 4.78 is 6.52. The van der Waals surface area contributed by atoms with Crippen molar-refractivity contribution in [2.75, 3.05) is 12.4 Å². The van der Waals surface area contributed by atoms with Gasteiger partial charge in [-0.25, -0.2) is 9.78 Å². The maximum Gasteiger partial charge on any atom is 0.337 e. The molecule has 0 fully saturated rings. The van der Waals surface area contributed by atoms with E-state index in [-0.39, 0.29) is 23.9 Å². The van der Waals surface area contributed by atoms with Gasteiger partial charge in [-0.05, 0) is 23.8 Å². The van der Waals surface area contributed by atoms with Crippen molar-refractivity contribution in [2.24, 2.45) is 0 Å². The van der Waals surface area contributed by atoms with E-state index >= 15 is 0 Å². The van der Waals surface area contributed by atoms with Gasteiger partial charge in [0.05, 0.1) is 12.7 Å². The highest BCUT2D eigenvalue weighted by molar-refractivity contribution is 7.15. The minimum Gasteiger partial charge on any atom is -0.465 e. The number of methoxy groups -OCH3 is 1. The number of thiazole rings is 1. The maximum absolute atomic E-state index is 12.3. The van der Waals surface area contributed by atoms with Gasteiger partial charge < -0.3 is 15.4 Å². The monoisotopic (exact) mass is 386 g/mol. The summed E-state index contributed by atoms with van der Waals surface area (Å²) in [6.45, 7) is 1.90. The fraction of sp³-hybridized carbons (Fsp3) is 0.222. The zero-order valence-corrected chi connectivity index (χ0v) is 15.6. The lowest BCUT2D eigenvalue weighted by Gasteiger charge is -2.10. The van der Waals surface area contributed by atoms with Gasteiger partial charge in [0.1, 0.15) is 5.69 Å². The highest BCUT2D eigenvalue weighted by Gasteiger charge is 2.13. The molecule has 2 amide bonds. The van der Waals surface area contributed by atoms with Crippen LogP contribution in [0.15, 0.2) is 36.0 Å². The van der Waals surface area contributed by atoms with Crippen molar-refractivity contribution in [1.82, 2.24) is 14.7 Å². The molecular weight excluding hydrogens is 368 g/mol. The summed E-state index contributed by atoms with van der Waals surface area (Å²) in [6.07, 6.45) is 3.79. The van der Waals surface area contributed by atoms with Gasteiger partial charge in [0.2, 0.25) is 5.91 Å². The highest BCUT2D eigenvalue weighted by Crippen LogP contribution is 2.17. The average Bonchev–Trinajstić information content (AvgIpc) is 3.27. The van der Waals surface area contributed by atoms with Crippen molar-refractivity contribution in [1.29, 1.82) is 0 Å². The molecule has 0 aliphatic rings. The molecule has 0 aliphatic heterocycles. The van der Waals surface area contributed by atoms with Gasteiger partial charge in [-0.2, -0.15) is 0 Å². The fourth-order valence-corrected chi connectivity index (χ4v) is 3.16. The van der Waals surface area contributed by atoms with Crippen LogP contribution in [-0.4, -0.2) is 34.3 Å². The Hall–Kier alpha value is -3.20. The predicted molar refractivity (Wildman–Crippen MR) is 101 cm³/mol. The third-order valence-electron chi connectivity index (χ3n) is 3.80. The number of nitrogens with zero attached hydrogens (tertiary/aromatic N) is 2. The number of anilines is 1. The topological polar surface area (TPSA) is 102 Å².